The number of thiazole rings is 1. The van der Waals surface area contributed by atoms with Gasteiger partial charge in [-0.1, -0.05) is 0 Å². The molecule has 5 nitrogen and oxygen atoms in total. The smallest absolute Gasteiger partial charge is 0.384 e. The lowest BCUT2D eigenvalue weighted by molar-refractivity contribution is -0.137. The molecular weight excluding hydrogens is 255 g/mol. The molecule has 0 aromatic carbocycles. The van der Waals surface area contributed by atoms with Crippen molar-refractivity contribution in [2.75, 3.05) is 11.5 Å². The fourth-order valence-electron chi connectivity index (χ4n) is 1.14. The topological polar surface area (TPSA) is 90.7 Å². The number of rotatable bonds is 1. The summed E-state index contributed by atoms with van der Waals surface area (Å²) in [6.45, 7) is 0. The van der Waals surface area contributed by atoms with Crippen LogP contribution in [0.4, 0.5) is 24.9 Å². The number of aromatic nitrogens is 3. The summed E-state index contributed by atoms with van der Waals surface area (Å²) in [6.07, 6.45) is -3.39. The van der Waals surface area contributed by atoms with Crippen LogP contribution in [-0.2, 0) is 6.18 Å². The quantitative estimate of drug-likeness (QED) is 0.816. The summed E-state index contributed by atoms with van der Waals surface area (Å²) in [5, 5.41) is -0.941. The molecule has 0 bridgehead atoms. The van der Waals surface area contributed by atoms with Crippen LogP contribution in [0, 0.1) is 0 Å². The molecule has 4 N–H and O–H groups in total. The van der Waals surface area contributed by atoms with Crippen molar-refractivity contribution in [2.24, 2.45) is 0 Å². The number of hydrogen-bond donors (Lipinski definition) is 2. The van der Waals surface area contributed by atoms with Crippen molar-refractivity contribution in [3.63, 3.8) is 0 Å². The first kappa shape index (κ1) is 11.6. The van der Waals surface area contributed by atoms with E-state index in [-0.39, 0.29) is 22.3 Å². The van der Waals surface area contributed by atoms with E-state index in [0.29, 0.717) is 11.3 Å². The van der Waals surface area contributed by atoms with Gasteiger partial charge in [0.1, 0.15) is 5.82 Å². The standard InChI is InChI=1S/C8H6F3N5S/c9-8(10,11)6-14-2-4(17-6)3-1-5(12)16-7(13)15-3/h1-2H,(H4,12,13,15,16). The normalized spacial score (nSPS) is 11.7. The van der Waals surface area contributed by atoms with E-state index in [0.717, 1.165) is 6.20 Å². The van der Waals surface area contributed by atoms with Crippen molar-refractivity contribution in [2.45, 2.75) is 6.18 Å². The summed E-state index contributed by atoms with van der Waals surface area (Å²) in [6, 6.07) is 1.34. The molecular formula is C8H6F3N5S. The first-order valence-electron chi connectivity index (χ1n) is 4.29. The Morgan fingerprint density at radius 2 is 1.88 bits per heavy atom. The molecule has 0 atom stereocenters. The molecule has 0 fully saturated rings. The molecule has 0 aliphatic rings. The van der Waals surface area contributed by atoms with Gasteiger partial charge in [-0.25, -0.2) is 9.97 Å². The second-order valence-corrected chi connectivity index (χ2v) is 4.09. The van der Waals surface area contributed by atoms with Gasteiger partial charge in [-0.3, -0.25) is 0 Å². The summed E-state index contributed by atoms with van der Waals surface area (Å²) in [4.78, 5) is 10.9. The van der Waals surface area contributed by atoms with Crippen LogP contribution in [0.5, 0.6) is 0 Å². The maximum atomic E-state index is 12.3. The second-order valence-electron chi connectivity index (χ2n) is 3.06. The highest BCUT2D eigenvalue weighted by Crippen LogP contribution is 2.35. The predicted octanol–water partition coefficient (Wildman–Crippen LogP) is 1.78. The number of hydrogen-bond acceptors (Lipinski definition) is 6. The molecule has 90 valence electrons. The average molecular weight is 261 g/mol. The molecule has 0 amide bonds. The molecule has 0 unspecified atom stereocenters. The van der Waals surface area contributed by atoms with Gasteiger partial charge in [0.25, 0.3) is 0 Å². The van der Waals surface area contributed by atoms with E-state index in [1.54, 1.807) is 0 Å². The van der Waals surface area contributed by atoms with Gasteiger partial charge in [0, 0.05) is 12.3 Å². The number of nitrogens with zero attached hydrogens (tertiary/aromatic N) is 3. The van der Waals surface area contributed by atoms with Gasteiger partial charge in [-0.2, -0.15) is 18.2 Å². The van der Waals surface area contributed by atoms with E-state index < -0.39 is 11.2 Å². The largest absolute Gasteiger partial charge is 0.443 e. The van der Waals surface area contributed by atoms with E-state index >= 15 is 0 Å². The van der Waals surface area contributed by atoms with E-state index in [2.05, 4.69) is 15.0 Å². The molecule has 0 aliphatic carbocycles. The zero-order chi connectivity index (χ0) is 12.6. The third-order valence-corrected chi connectivity index (χ3v) is 2.83. The van der Waals surface area contributed by atoms with Crippen molar-refractivity contribution >= 4 is 23.1 Å². The molecule has 0 saturated carbocycles. The summed E-state index contributed by atoms with van der Waals surface area (Å²) >= 11 is 0.473. The maximum absolute atomic E-state index is 12.3. The monoisotopic (exact) mass is 261 g/mol. The van der Waals surface area contributed by atoms with Gasteiger partial charge in [-0.15, -0.1) is 11.3 Å². The Morgan fingerprint density at radius 3 is 2.41 bits per heavy atom. The van der Waals surface area contributed by atoms with Crippen LogP contribution >= 0.6 is 11.3 Å². The highest BCUT2D eigenvalue weighted by molar-refractivity contribution is 7.15. The summed E-state index contributed by atoms with van der Waals surface area (Å²) in [5.74, 6) is -0.00332. The van der Waals surface area contributed by atoms with Crippen molar-refractivity contribution in [1.82, 2.24) is 15.0 Å². The van der Waals surface area contributed by atoms with Crippen LogP contribution in [0.3, 0.4) is 0 Å². The van der Waals surface area contributed by atoms with E-state index in [9.17, 15) is 13.2 Å². The van der Waals surface area contributed by atoms with E-state index in [4.69, 9.17) is 11.5 Å². The van der Waals surface area contributed by atoms with Gasteiger partial charge in [0.05, 0.1) is 10.6 Å². The highest BCUT2D eigenvalue weighted by Gasteiger charge is 2.34. The highest BCUT2D eigenvalue weighted by atomic mass is 32.1. The minimum Gasteiger partial charge on any atom is -0.384 e. The molecule has 9 heteroatoms. The van der Waals surface area contributed by atoms with Crippen LogP contribution in [0.15, 0.2) is 12.3 Å². The minimum absolute atomic E-state index is 0.0921. The van der Waals surface area contributed by atoms with Crippen LogP contribution < -0.4 is 11.5 Å². The zero-order valence-corrected chi connectivity index (χ0v) is 9.01. The summed E-state index contributed by atoms with van der Waals surface area (Å²) in [7, 11) is 0. The van der Waals surface area contributed by atoms with Gasteiger partial charge in [0.15, 0.2) is 5.01 Å². The number of halogens is 3. The maximum Gasteiger partial charge on any atom is 0.443 e. The second kappa shape index (κ2) is 3.84. The van der Waals surface area contributed by atoms with Crippen LogP contribution in [-0.4, -0.2) is 15.0 Å². The molecule has 0 aliphatic heterocycles. The molecule has 0 radical (unpaired) electrons. The fourth-order valence-corrected chi connectivity index (χ4v) is 1.88. The van der Waals surface area contributed by atoms with Crippen LogP contribution in [0.1, 0.15) is 5.01 Å². The first-order valence-corrected chi connectivity index (χ1v) is 5.11. The number of anilines is 2. The Bertz CT molecular complexity index is 530. The third-order valence-electron chi connectivity index (χ3n) is 1.76. The molecule has 2 heterocycles. The molecule has 0 saturated heterocycles. The first-order chi connectivity index (χ1) is 7.86. The predicted molar refractivity (Wildman–Crippen MR) is 57.0 cm³/mol. The summed E-state index contributed by atoms with van der Waals surface area (Å²) in [5.41, 5.74) is 11.0. The Balaban J connectivity index is 2.44. The molecule has 2 rings (SSSR count). The Labute approximate surface area is 97.3 Å². The molecule has 2 aromatic heterocycles. The molecule has 17 heavy (non-hydrogen) atoms. The van der Waals surface area contributed by atoms with E-state index in [1.807, 2.05) is 0 Å². The third kappa shape index (κ3) is 2.44. The van der Waals surface area contributed by atoms with Crippen LogP contribution in [0.25, 0.3) is 10.6 Å². The van der Waals surface area contributed by atoms with E-state index in [1.165, 1.54) is 6.07 Å². The number of nitrogens with two attached hydrogens (primary N) is 2. The SMILES string of the molecule is Nc1cc(-c2cnc(C(F)(F)F)s2)nc(N)n1. The van der Waals surface area contributed by atoms with Crippen molar-refractivity contribution in [1.29, 1.82) is 0 Å². The molecule has 2 aromatic rings. The average Bonchev–Trinajstić information content (AvgIpc) is 2.63. The lowest BCUT2D eigenvalue weighted by Crippen LogP contribution is -2.02. The Hall–Kier alpha value is -1.90. The summed E-state index contributed by atoms with van der Waals surface area (Å²) < 4.78 is 37.0. The lowest BCUT2D eigenvalue weighted by Gasteiger charge is -2.00. The molecule has 0 spiro atoms. The van der Waals surface area contributed by atoms with Gasteiger partial charge in [-0.05, 0) is 0 Å². The van der Waals surface area contributed by atoms with Crippen molar-refractivity contribution in [3.05, 3.63) is 17.3 Å². The minimum atomic E-state index is -4.47. The Kier molecular flexibility index (Phi) is 2.62. The van der Waals surface area contributed by atoms with Crippen molar-refractivity contribution < 1.29 is 13.2 Å². The lowest BCUT2D eigenvalue weighted by atomic mass is 10.3. The van der Waals surface area contributed by atoms with Crippen molar-refractivity contribution in [3.8, 4) is 10.6 Å². The van der Waals surface area contributed by atoms with Crippen LogP contribution in [0.2, 0.25) is 0 Å². The number of alkyl halides is 3. The number of nitrogen functional groups attached to an aromatic ring is 2. The zero-order valence-electron chi connectivity index (χ0n) is 8.19. The Morgan fingerprint density at radius 1 is 1.18 bits per heavy atom. The van der Waals surface area contributed by atoms with Gasteiger partial charge < -0.3 is 11.5 Å². The fraction of sp³-hybridized carbons (Fsp3) is 0.125. The van der Waals surface area contributed by atoms with Gasteiger partial charge in [0.2, 0.25) is 5.95 Å². The van der Waals surface area contributed by atoms with Gasteiger partial charge >= 0.3 is 6.18 Å².